The Balaban J connectivity index is 1.88. The molecule has 0 aliphatic heterocycles. The minimum absolute atomic E-state index is 0.358. The van der Waals surface area contributed by atoms with Gasteiger partial charge in [-0.05, 0) is 56.2 Å². The third-order valence-corrected chi connectivity index (χ3v) is 3.90. The molecular formula is C22H25NO5. The van der Waals surface area contributed by atoms with Gasteiger partial charge in [0.2, 0.25) is 0 Å². The van der Waals surface area contributed by atoms with Gasteiger partial charge in [-0.15, -0.1) is 0 Å². The van der Waals surface area contributed by atoms with Crippen molar-refractivity contribution in [1.29, 1.82) is 0 Å². The second-order valence-electron chi connectivity index (χ2n) is 6.15. The summed E-state index contributed by atoms with van der Waals surface area (Å²) in [6.07, 6.45) is 2.85. The molecule has 1 amide bonds. The summed E-state index contributed by atoms with van der Waals surface area (Å²) in [6.45, 7) is 5.94. The molecule has 2 rings (SSSR count). The Bertz CT molecular complexity index is 873. The molecule has 0 aliphatic rings. The van der Waals surface area contributed by atoms with Crippen LogP contribution in [0, 0.1) is 13.8 Å². The summed E-state index contributed by atoms with van der Waals surface area (Å²) in [4.78, 5) is 23.8. The van der Waals surface area contributed by atoms with E-state index < -0.39 is 11.9 Å². The predicted octanol–water partition coefficient (Wildman–Crippen LogP) is 3.91. The van der Waals surface area contributed by atoms with E-state index in [1.807, 2.05) is 39.0 Å². The topological polar surface area (TPSA) is 73.9 Å². The molecule has 0 fully saturated rings. The first-order chi connectivity index (χ1) is 13.4. The summed E-state index contributed by atoms with van der Waals surface area (Å²) in [7, 11) is 1.55. The van der Waals surface area contributed by atoms with Gasteiger partial charge in [0, 0.05) is 11.8 Å². The Kier molecular flexibility index (Phi) is 7.63. The lowest BCUT2D eigenvalue weighted by atomic mass is 10.1. The smallest absolute Gasteiger partial charge is 0.331 e. The number of nitrogens with one attached hydrogen (secondary N) is 1. The fourth-order valence-corrected chi connectivity index (χ4v) is 2.55. The van der Waals surface area contributed by atoms with Crippen LogP contribution in [-0.2, 0) is 14.3 Å². The molecule has 0 atom stereocenters. The number of amides is 1. The van der Waals surface area contributed by atoms with Gasteiger partial charge in [0.15, 0.2) is 18.1 Å². The van der Waals surface area contributed by atoms with Gasteiger partial charge in [0.25, 0.3) is 5.91 Å². The average Bonchev–Trinajstić information content (AvgIpc) is 2.68. The maximum atomic E-state index is 12.0. The van der Waals surface area contributed by atoms with E-state index in [-0.39, 0.29) is 6.61 Å². The van der Waals surface area contributed by atoms with Crippen LogP contribution in [0.25, 0.3) is 6.08 Å². The lowest BCUT2D eigenvalue weighted by Crippen LogP contribution is -2.20. The molecule has 6 nitrogen and oxygen atoms in total. The summed E-state index contributed by atoms with van der Waals surface area (Å²) in [6, 6.07) is 11.0. The van der Waals surface area contributed by atoms with Crippen LogP contribution in [0.5, 0.6) is 11.5 Å². The van der Waals surface area contributed by atoms with Crippen molar-refractivity contribution in [2.45, 2.75) is 20.8 Å². The maximum Gasteiger partial charge on any atom is 0.331 e. The molecule has 1 N–H and O–H groups in total. The second kappa shape index (κ2) is 10.2. The van der Waals surface area contributed by atoms with Crippen molar-refractivity contribution in [2.24, 2.45) is 0 Å². The van der Waals surface area contributed by atoms with E-state index in [2.05, 4.69) is 5.32 Å². The predicted molar refractivity (Wildman–Crippen MR) is 109 cm³/mol. The standard InChI is InChI=1S/C22H25NO5/c1-5-27-19-10-7-17(13-20(19)26-4)8-11-22(25)28-14-21(24)23-18-9-6-15(2)12-16(18)3/h6-13H,5,14H2,1-4H3,(H,23,24)/b11-8+. The van der Waals surface area contributed by atoms with Gasteiger partial charge in [-0.2, -0.15) is 0 Å². The van der Waals surface area contributed by atoms with Crippen LogP contribution in [0.2, 0.25) is 0 Å². The molecule has 0 unspecified atom stereocenters. The van der Waals surface area contributed by atoms with Crippen LogP contribution >= 0.6 is 0 Å². The van der Waals surface area contributed by atoms with E-state index in [0.29, 0.717) is 23.8 Å². The van der Waals surface area contributed by atoms with Crippen LogP contribution in [0.1, 0.15) is 23.6 Å². The molecule has 2 aromatic carbocycles. The monoisotopic (exact) mass is 383 g/mol. The number of aryl methyl sites for hydroxylation is 2. The van der Waals surface area contributed by atoms with E-state index in [4.69, 9.17) is 14.2 Å². The fourth-order valence-electron chi connectivity index (χ4n) is 2.55. The maximum absolute atomic E-state index is 12.0. The zero-order valence-electron chi connectivity index (χ0n) is 16.6. The summed E-state index contributed by atoms with van der Waals surface area (Å²) in [5.41, 5.74) is 3.50. The molecule has 0 saturated carbocycles. The number of anilines is 1. The molecule has 0 saturated heterocycles. The minimum atomic E-state index is -0.608. The summed E-state index contributed by atoms with van der Waals surface area (Å²) in [5.74, 6) is 0.207. The summed E-state index contributed by atoms with van der Waals surface area (Å²) < 4.78 is 15.7. The van der Waals surface area contributed by atoms with Crippen molar-refractivity contribution in [1.82, 2.24) is 0 Å². The van der Waals surface area contributed by atoms with E-state index in [1.165, 1.54) is 6.08 Å². The molecule has 0 aliphatic carbocycles. The number of carbonyl (C=O) groups excluding carboxylic acids is 2. The van der Waals surface area contributed by atoms with Gasteiger partial charge in [-0.25, -0.2) is 4.79 Å². The Morgan fingerprint density at radius 1 is 1.07 bits per heavy atom. The SMILES string of the molecule is CCOc1ccc(/C=C/C(=O)OCC(=O)Nc2ccc(C)cc2C)cc1OC. The lowest BCUT2D eigenvalue weighted by Gasteiger charge is -2.09. The van der Waals surface area contributed by atoms with Crippen molar-refractivity contribution in [2.75, 3.05) is 25.6 Å². The highest BCUT2D eigenvalue weighted by Crippen LogP contribution is 2.28. The molecule has 148 valence electrons. The van der Waals surface area contributed by atoms with Crippen LogP contribution in [0.15, 0.2) is 42.5 Å². The molecule has 6 heteroatoms. The highest BCUT2D eigenvalue weighted by Gasteiger charge is 2.08. The highest BCUT2D eigenvalue weighted by atomic mass is 16.5. The van der Waals surface area contributed by atoms with Crippen molar-refractivity contribution < 1.29 is 23.8 Å². The van der Waals surface area contributed by atoms with Crippen LogP contribution < -0.4 is 14.8 Å². The Morgan fingerprint density at radius 2 is 1.86 bits per heavy atom. The first kappa shape index (κ1) is 21.0. The summed E-state index contributed by atoms with van der Waals surface area (Å²) in [5, 5.41) is 2.73. The molecule has 2 aromatic rings. The number of ether oxygens (including phenoxy) is 3. The van der Waals surface area contributed by atoms with E-state index in [9.17, 15) is 9.59 Å². The van der Waals surface area contributed by atoms with Gasteiger partial charge in [0.05, 0.1) is 13.7 Å². The fraction of sp³-hybridized carbons (Fsp3) is 0.273. The number of carbonyl (C=O) groups is 2. The van der Waals surface area contributed by atoms with E-state index in [1.54, 1.807) is 31.4 Å². The Labute approximate surface area is 165 Å². The Hall–Kier alpha value is -3.28. The van der Waals surface area contributed by atoms with Gasteiger partial charge in [-0.3, -0.25) is 4.79 Å². The first-order valence-corrected chi connectivity index (χ1v) is 8.95. The second-order valence-corrected chi connectivity index (χ2v) is 6.15. The van der Waals surface area contributed by atoms with Gasteiger partial charge in [-0.1, -0.05) is 23.8 Å². The molecular weight excluding hydrogens is 358 g/mol. The van der Waals surface area contributed by atoms with Crippen LogP contribution in [-0.4, -0.2) is 32.2 Å². The van der Waals surface area contributed by atoms with Crippen molar-refractivity contribution in [3.8, 4) is 11.5 Å². The quantitative estimate of drug-likeness (QED) is 0.553. The first-order valence-electron chi connectivity index (χ1n) is 8.95. The number of esters is 1. The third kappa shape index (κ3) is 6.16. The van der Waals surface area contributed by atoms with Gasteiger partial charge in [0.1, 0.15) is 0 Å². The van der Waals surface area contributed by atoms with Crippen molar-refractivity contribution in [3.63, 3.8) is 0 Å². The number of hydrogen-bond acceptors (Lipinski definition) is 5. The molecule has 28 heavy (non-hydrogen) atoms. The van der Waals surface area contributed by atoms with Gasteiger partial charge < -0.3 is 19.5 Å². The van der Waals surface area contributed by atoms with Crippen molar-refractivity contribution >= 4 is 23.6 Å². The number of methoxy groups -OCH3 is 1. The van der Waals surface area contributed by atoms with Gasteiger partial charge >= 0.3 is 5.97 Å². The average molecular weight is 383 g/mol. The lowest BCUT2D eigenvalue weighted by molar-refractivity contribution is -0.142. The van der Waals surface area contributed by atoms with Crippen LogP contribution in [0.3, 0.4) is 0 Å². The molecule has 0 bridgehead atoms. The molecule has 0 spiro atoms. The highest BCUT2D eigenvalue weighted by molar-refractivity contribution is 5.95. The largest absolute Gasteiger partial charge is 0.493 e. The molecule has 0 radical (unpaired) electrons. The normalized spacial score (nSPS) is 10.6. The molecule has 0 aromatic heterocycles. The number of hydrogen-bond donors (Lipinski definition) is 1. The van der Waals surface area contributed by atoms with Crippen molar-refractivity contribution in [3.05, 3.63) is 59.2 Å². The summed E-state index contributed by atoms with van der Waals surface area (Å²) >= 11 is 0. The third-order valence-electron chi connectivity index (χ3n) is 3.90. The van der Waals surface area contributed by atoms with E-state index >= 15 is 0 Å². The molecule has 0 heterocycles. The Morgan fingerprint density at radius 3 is 2.54 bits per heavy atom. The van der Waals surface area contributed by atoms with E-state index in [0.717, 1.165) is 16.7 Å². The van der Waals surface area contributed by atoms with Crippen LogP contribution in [0.4, 0.5) is 5.69 Å². The number of benzene rings is 2. The minimum Gasteiger partial charge on any atom is -0.493 e. The zero-order chi connectivity index (χ0) is 20.5. The zero-order valence-corrected chi connectivity index (χ0v) is 16.6. The number of rotatable bonds is 8.